The van der Waals surface area contributed by atoms with Gasteiger partial charge in [0.2, 0.25) is 0 Å². The smallest absolute Gasteiger partial charge is 0.303 e. The molecule has 5 heteroatoms. The molecule has 0 aromatic carbocycles. The zero-order valence-electron chi connectivity index (χ0n) is 9.45. The summed E-state index contributed by atoms with van der Waals surface area (Å²) in [4.78, 5) is 0. The first-order valence-electron chi connectivity index (χ1n) is 5.47. The van der Waals surface area contributed by atoms with Crippen molar-refractivity contribution in [2.75, 3.05) is 0 Å². The second-order valence-corrected chi connectivity index (χ2v) is 9.11. The van der Waals surface area contributed by atoms with Gasteiger partial charge in [0.15, 0.2) is 0 Å². The lowest BCUT2D eigenvalue weighted by Crippen LogP contribution is -2.33. The van der Waals surface area contributed by atoms with E-state index >= 15 is 0 Å². The highest BCUT2D eigenvalue weighted by molar-refractivity contribution is 8.05. The molecule has 0 aromatic rings. The van der Waals surface area contributed by atoms with E-state index < -0.39 is 6.07 Å². The Bertz CT molecular complexity index is 252. The Morgan fingerprint density at radius 1 is 1.33 bits per heavy atom. The molecule has 0 unspecified atom stereocenters. The van der Waals surface area contributed by atoms with Gasteiger partial charge in [0.1, 0.15) is 0 Å². The molecular weight excluding hydrogens is 254 g/mol. The first-order valence-corrected chi connectivity index (χ1v) is 8.91. The molecule has 1 fully saturated rings. The minimum absolute atomic E-state index is 0.0467. The van der Waals surface area contributed by atoms with Crippen LogP contribution in [0.4, 0.5) is 0 Å². The van der Waals surface area contributed by atoms with E-state index in [-0.39, 0.29) is 6.10 Å². The van der Waals surface area contributed by atoms with Crippen LogP contribution in [0.1, 0.15) is 40.0 Å². The second-order valence-electron chi connectivity index (χ2n) is 4.88. The fraction of sp³-hybridized carbons (Fsp3) is 1.00. The summed E-state index contributed by atoms with van der Waals surface area (Å²) in [5, 5.41) is 0. The molecule has 0 aromatic heterocycles. The maximum absolute atomic E-state index is 11.3. The first kappa shape index (κ1) is 13.8. The van der Waals surface area contributed by atoms with E-state index in [9.17, 15) is 4.57 Å². The van der Waals surface area contributed by atoms with E-state index in [0.29, 0.717) is 17.8 Å². The van der Waals surface area contributed by atoms with Crippen molar-refractivity contribution < 1.29 is 9.09 Å². The lowest BCUT2D eigenvalue weighted by molar-refractivity contribution is 0.0533. The molecule has 1 aliphatic rings. The number of halogens is 2. The first-order chi connectivity index (χ1) is 6.79. The maximum atomic E-state index is 11.3. The average molecular weight is 273 g/mol. The van der Waals surface area contributed by atoms with Crippen LogP contribution in [0.2, 0.25) is 0 Å². The molecule has 0 spiro atoms. The molecule has 1 aliphatic carbocycles. The predicted octanol–water partition coefficient (Wildman–Crippen LogP) is 5.05. The van der Waals surface area contributed by atoms with Crippen molar-refractivity contribution in [2.24, 2.45) is 17.8 Å². The van der Waals surface area contributed by atoms with Gasteiger partial charge in [0, 0.05) is 0 Å². The summed E-state index contributed by atoms with van der Waals surface area (Å²) in [5.41, 5.74) is 0. The van der Waals surface area contributed by atoms with Crippen LogP contribution in [-0.2, 0) is 9.09 Å². The normalized spacial score (nSPS) is 33.3. The molecule has 0 saturated heterocycles. The van der Waals surface area contributed by atoms with Crippen LogP contribution < -0.4 is 0 Å². The molecule has 0 N–H and O–H groups in total. The largest absolute Gasteiger partial charge is 0.380 e. The summed E-state index contributed by atoms with van der Waals surface area (Å²) in [6, 6.07) is 0. The van der Waals surface area contributed by atoms with Crippen molar-refractivity contribution in [3.63, 3.8) is 0 Å². The molecule has 0 heterocycles. The van der Waals surface area contributed by atoms with Crippen molar-refractivity contribution >= 4 is 28.6 Å². The fourth-order valence-electron chi connectivity index (χ4n) is 2.39. The third-order valence-electron chi connectivity index (χ3n) is 3.22. The van der Waals surface area contributed by atoms with Crippen LogP contribution in [0.15, 0.2) is 0 Å². The van der Waals surface area contributed by atoms with Gasteiger partial charge in [0.05, 0.1) is 6.10 Å². The zero-order valence-corrected chi connectivity index (χ0v) is 11.9. The molecule has 0 radical (unpaired) electrons. The molecule has 15 heavy (non-hydrogen) atoms. The predicted molar refractivity (Wildman–Crippen MR) is 65.5 cm³/mol. The third-order valence-corrected chi connectivity index (χ3v) is 4.21. The number of rotatable bonds is 3. The molecule has 0 aliphatic heterocycles. The summed E-state index contributed by atoms with van der Waals surface area (Å²) in [5.74, 6) is 1.54. The lowest BCUT2D eigenvalue weighted by atomic mass is 9.75. The summed E-state index contributed by atoms with van der Waals surface area (Å²) in [7, 11) is 0. The lowest BCUT2D eigenvalue weighted by Gasteiger charge is -2.36. The Morgan fingerprint density at radius 2 is 1.93 bits per heavy atom. The molecule has 1 rings (SSSR count). The molecule has 0 amide bonds. The Labute approximate surface area is 102 Å². The van der Waals surface area contributed by atoms with Gasteiger partial charge in [-0.25, -0.2) is 0 Å². The summed E-state index contributed by atoms with van der Waals surface area (Å²) < 4.78 is 16.6. The summed E-state index contributed by atoms with van der Waals surface area (Å²) in [6.07, 6.45) is -0.217. The van der Waals surface area contributed by atoms with Crippen LogP contribution >= 0.6 is 28.6 Å². The Hall–Kier alpha value is 0.770. The monoisotopic (exact) mass is 272 g/mol. The van der Waals surface area contributed by atoms with Crippen molar-refractivity contribution in [3.05, 3.63) is 0 Å². The minimum Gasteiger partial charge on any atom is -0.303 e. The zero-order chi connectivity index (χ0) is 11.6. The van der Waals surface area contributed by atoms with Crippen molar-refractivity contribution in [3.8, 4) is 0 Å². The molecule has 90 valence electrons. The van der Waals surface area contributed by atoms with Gasteiger partial charge in [-0.15, -0.1) is 0 Å². The van der Waals surface area contributed by atoms with Crippen LogP contribution in [0.25, 0.3) is 0 Å². The van der Waals surface area contributed by atoms with E-state index in [0.717, 1.165) is 12.8 Å². The third kappa shape index (κ3) is 4.65. The van der Waals surface area contributed by atoms with Gasteiger partial charge in [-0.05, 0) is 53.1 Å². The summed E-state index contributed by atoms with van der Waals surface area (Å²) in [6.45, 7) is 6.50. The second kappa shape index (κ2) is 5.40. The van der Waals surface area contributed by atoms with E-state index in [1.807, 2.05) is 0 Å². The van der Waals surface area contributed by atoms with E-state index in [2.05, 4.69) is 20.8 Å². The van der Waals surface area contributed by atoms with Gasteiger partial charge in [-0.2, -0.15) is 0 Å². The van der Waals surface area contributed by atoms with Crippen molar-refractivity contribution in [2.45, 2.75) is 46.1 Å². The Morgan fingerprint density at radius 3 is 2.40 bits per heavy atom. The number of hydrogen-bond acceptors (Lipinski definition) is 2. The average Bonchev–Trinajstić information content (AvgIpc) is 1.99. The van der Waals surface area contributed by atoms with Crippen LogP contribution in [0.3, 0.4) is 0 Å². The van der Waals surface area contributed by atoms with Gasteiger partial charge in [-0.1, -0.05) is 27.2 Å². The number of hydrogen-bond donors (Lipinski definition) is 0. The van der Waals surface area contributed by atoms with Crippen LogP contribution in [0.5, 0.6) is 0 Å². The van der Waals surface area contributed by atoms with E-state index in [4.69, 9.17) is 27.0 Å². The summed E-state index contributed by atoms with van der Waals surface area (Å²) >= 11 is 11.0. The Balaban J connectivity index is 2.66. The maximum Gasteiger partial charge on any atom is 0.380 e. The van der Waals surface area contributed by atoms with E-state index in [1.165, 1.54) is 6.42 Å². The highest BCUT2D eigenvalue weighted by atomic mass is 35.9. The minimum atomic E-state index is -3.39. The highest BCUT2D eigenvalue weighted by Crippen LogP contribution is 2.60. The molecular formula is C10H19Cl2O2P. The Kier molecular flexibility index (Phi) is 4.98. The fourth-order valence-corrected chi connectivity index (χ4v) is 3.57. The molecule has 1 saturated carbocycles. The standard InChI is InChI=1S/C10H19Cl2O2P/c1-7(2)9-5-4-8(3)6-10(9)14-15(11,12)13/h7-10H,4-6H2,1-3H3/t8-,9+,10-/m1/s1. The quantitative estimate of drug-likeness (QED) is 0.672. The van der Waals surface area contributed by atoms with Gasteiger partial charge < -0.3 is 4.52 Å². The molecule has 3 atom stereocenters. The molecule has 2 nitrogen and oxygen atoms in total. The van der Waals surface area contributed by atoms with Crippen molar-refractivity contribution in [1.82, 2.24) is 0 Å². The van der Waals surface area contributed by atoms with E-state index in [1.54, 1.807) is 0 Å². The van der Waals surface area contributed by atoms with Crippen molar-refractivity contribution in [1.29, 1.82) is 0 Å². The van der Waals surface area contributed by atoms with Crippen LogP contribution in [0, 0.1) is 17.8 Å². The topological polar surface area (TPSA) is 26.3 Å². The van der Waals surface area contributed by atoms with Crippen LogP contribution in [-0.4, -0.2) is 6.10 Å². The van der Waals surface area contributed by atoms with Gasteiger partial charge >= 0.3 is 6.07 Å². The SMILES string of the molecule is CC(C)[C@@H]1CC[C@@H](C)C[C@H]1OP(=O)(Cl)Cl. The van der Waals surface area contributed by atoms with Gasteiger partial charge in [0.25, 0.3) is 0 Å². The molecule has 0 bridgehead atoms. The van der Waals surface area contributed by atoms with Gasteiger partial charge in [-0.3, -0.25) is 4.57 Å². The highest BCUT2D eigenvalue weighted by Gasteiger charge is 2.35.